The lowest BCUT2D eigenvalue weighted by Crippen LogP contribution is -2.18. The van der Waals surface area contributed by atoms with Crippen molar-refractivity contribution in [1.82, 2.24) is 0 Å². The van der Waals surface area contributed by atoms with Gasteiger partial charge in [0.25, 0.3) is 5.91 Å². The third-order valence-corrected chi connectivity index (χ3v) is 6.77. The summed E-state index contributed by atoms with van der Waals surface area (Å²) in [4.78, 5) is 13.6. The van der Waals surface area contributed by atoms with Gasteiger partial charge in [0.1, 0.15) is 0 Å². The Bertz CT molecular complexity index is 1290. The van der Waals surface area contributed by atoms with E-state index in [1.54, 1.807) is 37.4 Å². The number of nitrogens with one attached hydrogen (secondary N) is 3. The smallest absolute Gasteiger partial charge is 0.265 e. The van der Waals surface area contributed by atoms with Gasteiger partial charge >= 0.3 is 0 Å². The molecule has 172 valence electrons. The number of fused-ring (bicyclic) bond motifs is 1. The molecule has 0 unspecified atom stereocenters. The first kappa shape index (κ1) is 24.2. The molecule has 0 saturated heterocycles. The lowest BCUT2D eigenvalue weighted by atomic mass is 9.86. The molecule has 3 N–H and O–H groups in total. The standard InChI is InChI=1S/C22H26ClN3O4S2/c1-22(2,3)13-9-15(19(30-5)16(10-13)26-32(6,28)29)25-21(27)18-8-12-7-14(23)11-17(24-4)20(12)31-18/h7-11,24,26H,1-6H3,(H,25,27). The van der Waals surface area contributed by atoms with Crippen molar-refractivity contribution in [2.24, 2.45) is 0 Å². The van der Waals surface area contributed by atoms with Crippen molar-refractivity contribution < 1.29 is 17.9 Å². The Morgan fingerprint density at radius 3 is 2.28 bits per heavy atom. The fraction of sp³-hybridized carbons (Fsp3) is 0.318. The summed E-state index contributed by atoms with van der Waals surface area (Å²) in [6, 6.07) is 8.91. The molecular weight excluding hydrogens is 470 g/mol. The highest BCUT2D eigenvalue weighted by Crippen LogP contribution is 2.40. The summed E-state index contributed by atoms with van der Waals surface area (Å²) in [5.41, 5.74) is 2.01. The van der Waals surface area contributed by atoms with Crippen molar-refractivity contribution in [1.29, 1.82) is 0 Å². The third kappa shape index (κ3) is 5.28. The predicted octanol–water partition coefficient (Wildman–Crippen LogP) is 5.53. The van der Waals surface area contributed by atoms with E-state index in [1.807, 2.05) is 20.8 Å². The maximum atomic E-state index is 13.1. The first-order valence-electron chi connectivity index (χ1n) is 9.75. The third-order valence-electron chi connectivity index (χ3n) is 4.78. The van der Waals surface area contributed by atoms with Crippen molar-refractivity contribution in [3.05, 3.63) is 45.8 Å². The summed E-state index contributed by atoms with van der Waals surface area (Å²) >= 11 is 7.52. The zero-order valence-corrected chi connectivity index (χ0v) is 21.1. The molecule has 32 heavy (non-hydrogen) atoms. The van der Waals surface area contributed by atoms with Crippen molar-refractivity contribution in [3.63, 3.8) is 0 Å². The number of amides is 1. The molecule has 2 aromatic carbocycles. The number of ether oxygens (including phenoxy) is 1. The van der Waals surface area contributed by atoms with E-state index in [9.17, 15) is 13.2 Å². The zero-order chi connectivity index (χ0) is 23.8. The summed E-state index contributed by atoms with van der Waals surface area (Å²) in [6.45, 7) is 6.00. The molecule has 1 aromatic heterocycles. The Labute approximate surface area is 197 Å². The molecule has 0 atom stereocenters. The van der Waals surface area contributed by atoms with Crippen LogP contribution in [0.15, 0.2) is 30.3 Å². The number of carbonyl (C=O) groups is 1. The number of carbonyl (C=O) groups excluding carboxylic acids is 1. The van der Waals surface area contributed by atoms with Crippen LogP contribution < -0.4 is 20.1 Å². The summed E-state index contributed by atoms with van der Waals surface area (Å²) in [5.74, 6) is -0.101. The number of anilines is 3. The zero-order valence-electron chi connectivity index (χ0n) is 18.7. The molecule has 10 heteroatoms. The lowest BCUT2D eigenvalue weighted by Gasteiger charge is -2.23. The molecule has 7 nitrogen and oxygen atoms in total. The van der Waals surface area contributed by atoms with Crippen molar-refractivity contribution in [3.8, 4) is 5.75 Å². The number of benzene rings is 2. The van der Waals surface area contributed by atoms with Crippen LogP contribution in [0.5, 0.6) is 5.75 Å². The largest absolute Gasteiger partial charge is 0.492 e. The fourth-order valence-electron chi connectivity index (χ4n) is 3.25. The summed E-state index contributed by atoms with van der Waals surface area (Å²) < 4.78 is 32.7. The van der Waals surface area contributed by atoms with E-state index in [1.165, 1.54) is 18.4 Å². The van der Waals surface area contributed by atoms with E-state index >= 15 is 0 Å². The topological polar surface area (TPSA) is 96.5 Å². The molecule has 0 aliphatic heterocycles. The molecular formula is C22H26ClN3O4S2. The Kier molecular flexibility index (Phi) is 6.65. The Morgan fingerprint density at radius 1 is 1.06 bits per heavy atom. The van der Waals surface area contributed by atoms with Crippen molar-refractivity contribution >= 4 is 66.0 Å². The van der Waals surface area contributed by atoms with E-state index in [0.717, 1.165) is 27.6 Å². The summed E-state index contributed by atoms with van der Waals surface area (Å²) in [5, 5.41) is 7.41. The fourth-order valence-corrected chi connectivity index (χ4v) is 5.08. The SMILES string of the molecule is CNc1cc(Cl)cc2cc(C(=O)Nc3cc(C(C)(C)C)cc(NS(C)(=O)=O)c3OC)sc12. The normalized spacial score (nSPS) is 12.0. The molecule has 1 heterocycles. The van der Waals surface area contributed by atoms with Crippen LogP contribution in [0.4, 0.5) is 17.1 Å². The van der Waals surface area contributed by atoms with Crippen LogP contribution in [-0.4, -0.2) is 34.7 Å². The summed E-state index contributed by atoms with van der Waals surface area (Å²) in [7, 11) is -0.337. The van der Waals surface area contributed by atoms with Crippen LogP contribution in [0, 0.1) is 0 Å². The summed E-state index contributed by atoms with van der Waals surface area (Å²) in [6.07, 6.45) is 1.07. The second-order valence-electron chi connectivity index (χ2n) is 8.42. The average Bonchev–Trinajstić information content (AvgIpc) is 3.09. The van der Waals surface area contributed by atoms with E-state index in [2.05, 4.69) is 15.4 Å². The Hall–Kier alpha value is -2.49. The second-order valence-corrected chi connectivity index (χ2v) is 11.7. The highest BCUT2D eigenvalue weighted by molar-refractivity contribution is 7.92. The molecule has 0 bridgehead atoms. The number of hydrogen-bond donors (Lipinski definition) is 3. The van der Waals surface area contributed by atoms with Gasteiger partial charge in [-0.25, -0.2) is 8.42 Å². The minimum atomic E-state index is -3.56. The van der Waals surface area contributed by atoms with Gasteiger partial charge in [-0.15, -0.1) is 11.3 Å². The van der Waals surface area contributed by atoms with E-state index < -0.39 is 10.0 Å². The maximum absolute atomic E-state index is 13.1. The first-order chi connectivity index (χ1) is 14.8. The number of thiophene rings is 1. The van der Waals surface area contributed by atoms with Gasteiger partial charge in [-0.05, 0) is 46.7 Å². The number of methoxy groups -OCH3 is 1. The first-order valence-corrected chi connectivity index (χ1v) is 12.8. The quantitative estimate of drug-likeness (QED) is 0.418. The van der Waals surface area contributed by atoms with Gasteiger partial charge in [0, 0.05) is 12.1 Å². The molecule has 0 aliphatic carbocycles. The van der Waals surface area contributed by atoms with Crippen LogP contribution >= 0.6 is 22.9 Å². The van der Waals surface area contributed by atoms with Gasteiger partial charge in [0.05, 0.1) is 40.0 Å². The second kappa shape index (κ2) is 8.80. The number of hydrogen-bond acceptors (Lipinski definition) is 6. The number of halogens is 1. The highest BCUT2D eigenvalue weighted by Gasteiger charge is 2.23. The molecule has 1 amide bonds. The molecule has 0 spiro atoms. The van der Waals surface area contributed by atoms with Gasteiger partial charge in [-0.2, -0.15) is 0 Å². The molecule has 3 rings (SSSR count). The molecule has 3 aromatic rings. The molecule has 0 fully saturated rings. The van der Waals surface area contributed by atoms with Crippen LogP contribution in [0.3, 0.4) is 0 Å². The average molecular weight is 496 g/mol. The van der Waals surface area contributed by atoms with Crippen LogP contribution in [0.2, 0.25) is 5.02 Å². The molecule has 0 saturated carbocycles. The highest BCUT2D eigenvalue weighted by atomic mass is 35.5. The minimum absolute atomic E-state index is 0.233. The van der Waals surface area contributed by atoms with Crippen molar-refractivity contribution in [2.45, 2.75) is 26.2 Å². The van der Waals surface area contributed by atoms with Gasteiger partial charge < -0.3 is 15.4 Å². The molecule has 0 radical (unpaired) electrons. The van der Waals surface area contributed by atoms with Gasteiger partial charge in [0.2, 0.25) is 10.0 Å². The van der Waals surface area contributed by atoms with E-state index in [4.69, 9.17) is 16.3 Å². The van der Waals surface area contributed by atoms with Crippen LogP contribution in [0.25, 0.3) is 10.1 Å². The number of rotatable bonds is 6. The predicted molar refractivity (Wildman–Crippen MR) is 134 cm³/mol. The molecule has 0 aliphatic rings. The minimum Gasteiger partial charge on any atom is -0.492 e. The van der Waals surface area contributed by atoms with Crippen molar-refractivity contribution in [2.75, 3.05) is 35.8 Å². The van der Waals surface area contributed by atoms with Gasteiger partial charge in [-0.1, -0.05) is 32.4 Å². The monoisotopic (exact) mass is 495 g/mol. The Balaban J connectivity index is 2.08. The van der Waals surface area contributed by atoms with Crippen LogP contribution in [0.1, 0.15) is 36.0 Å². The van der Waals surface area contributed by atoms with E-state index in [0.29, 0.717) is 15.6 Å². The van der Waals surface area contributed by atoms with E-state index in [-0.39, 0.29) is 22.8 Å². The Morgan fingerprint density at radius 2 is 1.72 bits per heavy atom. The van der Waals surface area contributed by atoms with Gasteiger partial charge in [0.15, 0.2) is 5.75 Å². The number of sulfonamides is 1. The maximum Gasteiger partial charge on any atom is 0.265 e. The van der Waals surface area contributed by atoms with Gasteiger partial charge in [-0.3, -0.25) is 9.52 Å². The van der Waals surface area contributed by atoms with Crippen LogP contribution in [-0.2, 0) is 15.4 Å². The lowest BCUT2D eigenvalue weighted by molar-refractivity contribution is 0.103.